The van der Waals surface area contributed by atoms with Crippen LogP contribution >= 0.6 is 0 Å². The number of para-hydroxylation sites is 2. The summed E-state index contributed by atoms with van der Waals surface area (Å²) in [6, 6.07) is 18.2. The third kappa shape index (κ3) is 4.29. The number of halogens is 1. The van der Waals surface area contributed by atoms with E-state index in [-0.39, 0.29) is 28.5 Å². The number of benzene rings is 3. The normalized spacial score (nSPS) is 14.9. The molecule has 9 heteroatoms. The number of nitrogens with zero attached hydrogens (tertiary/aromatic N) is 1. The van der Waals surface area contributed by atoms with Crippen LogP contribution < -0.4 is 10.1 Å². The predicted octanol–water partition coefficient (Wildman–Crippen LogP) is 4.19. The van der Waals surface area contributed by atoms with E-state index in [1.165, 1.54) is 26.2 Å². The predicted molar refractivity (Wildman–Crippen MR) is 126 cm³/mol. The lowest BCUT2D eigenvalue weighted by molar-refractivity contribution is -0.122. The van der Waals surface area contributed by atoms with Crippen molar-refractivity contribution in [1.29, 1.82) is 0 Å². The van der Waals surface area contributed by atoms with Crippen molar-refractivity contribution in [2.75, 3.05) is 12.4 Å². The van der Waals surface area contributed by atoms with Crippen LogP contribution in [0.2, 0.25) is 0 Å². The first-order chi connectivity index (χ1) is 16.2. The van der Waals surface area contributed by atoms with E-state index < -0.39 is 21.7 Å². The molecule has 0 fully saturated rings. The van der Waals surface area contributed by atoms with Crippen LogP contribution in [0, 0.1) is 5.82 Å². The molecule has 0 atom stereocenters. The van der Waals surface area contributed by atoms with Crippen molar-refractivity contribution in [3.63, 3.8) is 0 Å². The van der Waals surface area contributed by atoms with Gasteiger partial charge in [0.1, 0.15) is 16.5 Å². The molecule has 1 heterocycles. The van der Waals surface area contributed by atoms with Gasteiger partial charge in [0, 0.05) is 11.1 Å². The maximum absolute atomic E-state index is 13.3. The summed E-state index contributed by atoms with van der Waals surface area (Å²) in [6.45, 7) is 1.24. The third-order valence-corrected chi connectivity index (χ3v) is 7.37. The Bertz CT molecular complexity index is 1400. The van der Waals surface area contributed by atoms with Gasteiger partial charge in [-0.25, -0.2) is 17.1 Å². The van der Waals surface area contributed by atoms with Crippen molar-refractivity contribution >= 4 is 32.4 Å². The van der Waals surface area contributed by atoms with Crippen molar-refractivity contribution in [2.24, 2.45) is 0 Å². The topological polar surface area (TPSA) is 92.8 Å². The van der Waals surface area contributed by atoms with Gasteiger partial charge < -0.3 is 10.1 Å². The van der Waals surface area contributed by atoms with Gasteiger partial charge in [-0.1, -0.05) is 36.4 Å². The van der Waals surface area contributed by atoms with Crippen LogP contribution in [0.15, 0.2) is 78.4 Å². The lowest BCUT2D eigenvalue weighted by Gasteiger charge is -2.17. The minimum atomic E-state index is -4.12. The lowest BCUT2D eigenvalue weighted by atomic mass is 10.1. The number of ether oxygens (including phenoxy) is 1. The van der Waals surface area contributed by atoms with E-state index in [2.05, 4.69) is 5.32 Å². The second-order valence-electron chi connectivity index (χ2n) is 7.63. The zero-order chi connectivity index (χ0) is 24.5. The van der Waals surface area contributed by atoms with E-state index in [4.69, 9.17) is 4.74 Å². The number of sulfonamides is 1. The average Bonchev–Trinajstić information content (AvgIpc) is 2.99. The Balaban J connectivity index is 1.52. The standard InChI is InChI=1S/C25H21FN2O5S/c1-16-23(18-11-13-20(26)14-12-18)34(31,32)28(25(16)30)15-17-7-9-19(10-8-17)24(29)27-21-5-3-4-6-22(21)33-2/h3-14H,15H2,1-2H3,(H,27,29). The molecule has 0 saturated heterocycles. The fraction of sp³-hybridized carbons (Fsp3) is 0.120. The molecular formula is C25H21FN2O5S. The van der Waals surface area contributed by atoms with Crippen molar-refractivity contribution in [3.05, 3.63) is 101 Å². The summed E-state index contributed by atoms with van der Waals surface area (Å²) < 4.78 is 45.5. The third-order valence-electron chi connectivity index (χ3n) is 5.44. The average molecular weight is 481 g/mol. The summed E-state index contributed by atoms with van der Waals surface area (Å²) in [5.41, 5.74) is 1.71. The molecule has 3 aromatic carbocycles. The zero-order valence-electron chi connectivity index (χ0n) is 18.4. The number of hydrogen-bond acceptors (Lipinski definition) is 5. The number of methoxy groups -OCH3 is 1. The zero-order valence-corrected chi connectivity index (χ0v) is 19.2. The van der Waals surface area contributed by atoms with E-state index in [0.29, 0.717) is 22.6 Å². The van der Waals surface area contributed by atoms with Gasteiger partial charge in [-0.15, -0.1) is 0 Å². The minimum absolute atomic E-state index is 0.0689. The monoisotopic (exact) mass is 480 g/mol. The maximum atomic E-state index is 13.3. The molecule has 0 radical (unpaired) electrons. The molecule has 1 aliphatic heterocycles. The van der Waals surface area contributed by atoms with Gasteiger partial charge in [-0.2, -0.15) is 0 Å². The summed E-state index contributed by atoms with van der Waals surface area (Å²) in [5.74, 6) is -0.991. The highest BCUT2D eigenvalue weighted by Crippen LogP contribution is 2.36. The van der Waals surface area contributed by atoms with Gasteiger partial charge >= 0.3 is 0 Å². The van der Waals surface area contributed by atoms with E-state index >= 15 is 0 Å². The Morgan fingerprint density at radius 3 is 2.29 bits per heavy atom. The van der Waals surface area contributed by atoms with Crippen LogP contribution in [0.25, 0.3) is 4.91 Å². The summed E-state index contributed by atoms with van der Waals surface area (Å²) in [7, 11) is -2.61. The highest BCUT2D eigenvalue weighted by molar-refractivity contribution is 7.99. The first-order valence-corrected chi connectivity index (χ1v) is 11.7. The Morgan fingerprint density at radius 1 is 1.00 bits per heavy atom. The number of nitrogens with one attached hydrogen (secondary N) is 1. The molecule has 4 rings (SSSR count). The second kappa shape index (κ2) is 9.11. The maximum Gasteiger partial charge on any atom is 0.268 e. The van der Waals surface area contributed by atoms with Gasteiger partial charge in [0.25, 0.3) is 21.8 Å². The molecule has 1 aliphatic rings. The Labute approximate surface area is 196 Å². The number of hydrogen-bond donors (Lipinski definition) is 1. The quantitative estimate of drug-likeness (QED) is 0.571. The Morgan fingerprint density at radius 2 is 1.65 bits per heavy atom. The van der Waals surface area contributed by atoms with Crippen molar-refractivity contribution in [1.82, 2.24) is 4.31 Å². The molecular weight excluding hydrogens is 459 g/mol. The van der Waals surface area contributed by atoms with Crippen LogP contribution in [-0.2, 0) is 21.4 Å². The Hall–Kier alpha value is -3.98. The molecule has 7 nitrogen and oxygen atoms in total. The first-order valence-electron chi connectivity index (χ1n) is 10.3. The first kappa shape index (κ1) is 23.2. The molecule has 3 aromatic rings. The summed E-state index contributed by atoms with van der Waals surface area (Å²) in [5, 5.41) is 2.77. The molecule has 0 aliphatic carbocycles. The number of amides is 2. The van der Waals surface area contributed by atoms with Gasteiger partial charge in [0.15, 0.2) is 0 Å². The number of carbonyl (C=O) groups is 2. The van der Waals surface area contributed by atoms with Gasteiger partial charge in [0.05, 0.1) is 19.3 Å². The molecule has 174 valence electrons. The summed E-state index contributed by atoms with van der Waals surface area (Å²) >= 11 is 0. The summed E-state index contributed by atoms with van der Waals surface area (Å²) in [6.07, 6.45) is 0. The van der Waals surface area contributed by atoms with E-state index in [1.807, 2.05) is 0 Å². The van der Waals surface area contributed by atoms with Gasteiger partial charge in [-0.05, 0) is 54.4 Å². The van der Waals surface area contributed by atoms with Crippen LogP contribution in [-0.4, -0.2) is 31.6 Å². The molecule has 2 amide bonds. The molecule has 0 bridgehead atoms. The molecule has 0 saturated carbocycles. The fourth-order valence-electron chi connectivity index (χ4n) is 3.69. The van der Waals surface area contributed by atoms with Crippen molar-refractivity contribution < 1.29 is 27.1 Å². The fourth-order valence-corrected chi connectivity index (χ4v) is 5.49. The Kier molecular flexibility index (Phi) is 6.21. The smallest absolute Gasteiger partial charge is 0.268 e. The number of anilines is 1. The molecule has 0 aromatic heterocycles. The van der Waals surface area contributed by atoms with E-state index in [0.717, 1.165) is 16.4 Å². The van der Waals surface area contributed by atoms with Crippen molar-refractivity contribution in [3.8, 4) is 5.75 Å². The van der Waals surface area contributed by atoms with E-state index in [1.54, 1.807) is 48.5 Å². The number of rotatable bonds is 6. The highest BCUT2D eigenvalue weighted by Gasteiger charge is 2.42. The van der Waals surface area contributed by atoms with Crippen LogP contribution in [0.4, 0.5) is 10.1 Å². The highest BCUT2D eigenvalue weighted by atomic mass is 32.2. The van der Waals surface area contributed by atoms with Crippen LogP contribution in [0.3, 0.4) is 0 Å². The molecule has 0 unspecified atom stereocenters. The van der Waals surface area contributed by atoms with E-state index in [9.17, 15) is 22.4 Å². The molecule has 0 spiro atoms. The second-order valence-corrected chi connectivity index (χ2v) is 9.43. The number of carbonyl (C=O) groups excluding carboxylic acids is 2. The lowest BCUT2D eigenvalue weighted by Crippen LogP contribution is -2.30. The van der Waals surface area contributed by atoms with Crippen LogP contribution in [0.1, 0.15) is 28.4 Å². The largest absolute Gasteiger partial charge is 0.495 e. The molecule has 34 heavy (non-hydrogen) atoms. The van der Waals surface area contributed by atoms with Crippen LogP contribution in [0.5, 0.6) is 5.75 Å². The van der Waals surface area contributed by atoms with Gasteiger partial charge in [0.2, 0.25) is 0 Å². The van der Waals surface area contributed by atoms with Gasteiger partial charge in [-0.3, -0.25) is 9.59 Å². The SMILES string of the molecule is COc1ccccc1NC(=O)c1ccc(CN2C(=O)C(C)=C(c3ccc(F)cc3)S2(=O)=O)cc1. The summed E-state index contributed by atoms with van der Waals surface area (Å²) in [4.78, 5) is 25.2. The molecule has 1 N–H and O–H groups in total. The minimum Gasteiger partial charge on any atom is -0.495 e. The van der Waals surface area contributed by atoms with Crippen molar-refractivity contribution in [2.45, 2.75) is 13.5 Å².